The van der Waals surface area contributed by atoms with Crippen LogP contribution in [-0.4, -0.2) is 50.2 Å². The molecular weight excluding hydrogens is 408 g/mol. The van der Waals surface area contributed by atoms with E-state index in [1.165, 1.54) is 18.1 Å². The molecule has 2 heterocycles. The van der Waals surface area contributed by atoms with Crippen LogP contribution in [0.5, 0.6) is 0 Å². The van der Waals surface area contributed by atoms with Gasteiger partial charge in [-0.15, -0.1) is 5.10 Å². The third-order valence-corrected chi connectivity index (χ3v) is 5.03. The molecule has 0 aliphatic heterocycles. The monoisotopic (exact) mass is 424 g/mol. The maximum absolute atomic E-state index is 12.9. The molecule has 10 heteroatoms. The topological polar surface area (TPSA) is 115 Å². The molecule has 152 valence electrons. The molecule has 2 N–H and O–H groups in total. The number of H-pyrrole nitrogens is 1. The zero-order valence-corrected chi connectivity index (χ0v) is 16.6. The van der Waals surface area contributed by atoms with Crippen LogP contribution in [0.3, 0.4) is 0 Å². The van der Waals surface area contributed by atoms with E-state index >= 15 is 0 Å². The van der Waals surface area contributed by atoms with E-state index in [1.54, 1.807) is 18.2 Å². The number of fused-ring (bicyclic) bond motifs is 1. The normalized spacial score (nSPS) is 11.9. The van der Waals surface area contributed by atoms with Gasteiger partial charge in [0.25, 0.3) is 5.91 Å². The number of aromatic amines is 1. The zero-order chi connectivity index (χ0) is 21.1. The van der Waals surface area contributed by atoms with Gasteiger partial charge in [0, 0.05) is 23.5 Å². The predicted octanol–water partition coefficient (Wildman–Crippen LogP) is 2.31. The summed E-state index contributed by atoms with van der Waals surface area (Å²) in [6.45, 7) is 0. The second kappa shape index (κ2) is 8.34. The van der Waals surface area contributed by atoms with Crippen LogP contribution < -0.4 is 5.32 Å². The Labute approximate surface area is 176 Å². The van der Waals surface area contributed by atoms with E-state index in [0.717, 1.165) is 16.5 Å². The summed E-state index contributed by atoms with van der Waals surface area (Å²) in [6, 6.07) is 11.6. The fourth-order valence-corrected chi connectivity index (χ4v) is 3.40. The molecule has 2 aromatic heterocycles. The standard InChI is InChI=1S/C20H17ClN6O3/c1-30-20(29)18(8-12-10-22-17-5-3-2-4-14(12)17)24-19(28)15-9-13(6-7-16(15)21)27-11-23-25-26-27/h2-7,9-11,18,22H,8H2,1H3,(H,24,28). The number of aromatic nitrogens is 5. The number of methoxy groups -OCH3 is 1. The van der Waals surface area contributed by atoms with Crippen molar-refractivity contribution in [2.45, 2.75) is 12.5 Å². The number of benzene rings is 2. The molecule has 0 aliphatic rings. The van der Waals surface area contributed by atoms with E-state index in [1.807, 2.05) is 30.5 Å². The van der Waals surface area contributed by atoms with Crippen molar-refractivity contribution >= 4 is 34.4 Å². The Morgan fingerprint density at radius 2 is 2.10 bits per heavy atom. The lowest BCUT2D eigenvalue weighted by atomic mass is 10.0. The molecule has 0 fully saturated rings. The lowest BCUT2D eigenvalue weighted by Gasteiger charge is -2.17. The van der Waals surface area contributed by atoms with Crippen LogP contribution in [-0.2, 0) is 16.0 Å². The quantitative estimate of drug-likeness (QED) is 0.459. The fourth-order valence-electron chi connectivity index (χ4n) is 3.20. The van der Waals surface area contributed by atoms with Crippen molar-refractivity contribution in [2.24, 2.45) is 0 Å². The smallest absolute Gasteiger partial charge is 0.328 e. The van der Waals surface area contributed by atoms with Crippen molar-refractivity contribution in [3.05, 3.63) is 71.1 Å². The third-order valence-electron chi connectivity index (χ3n) is 4.70. The molecule has 1 atom stereocenters. The first-order valence-electron chi connectivity index (χ1n) is 9.03. The highest BCUT2D eigenvalue weighted by Crippen LogP contribution is 2.22. The number of hydrogen-bond acceptors (Lipinski definition) is 6. The summed E-state index contributed by atoms with van der Waals surface area (Å²) in [6.07, 6.45) is 3.48. The average molecular weight is 425 g/mol. The molecule has 0 saturated carbocycles. The minimum atomic E-state index is -0.894. The Balaban J connectivity index is 1.60. The summed E-state index contributed by atoms with van der Waals surface area (Å²) in [5.41, 5.74) is 2.58. The number of hydrogen-bond donors (Lipinski definition) is 2. The number of tetrazole rings is 1. The van der Waals surface area contributed by atoms with Crippen LogP contribution in [0.25, 0.3) is 16.6 Å². The minimum Gasteiger partial charge on any atom is -0.467 e. The van der Waals surface area contributed by atoms with Crippen LogP contribution >= 0.6 is 11.6 Å². The van der Waals surface area contributed by atoms with Gasteiger partial charge in [0.2, 0.25) is 0 Å². The van der Waals surface area contributed by atoms with Crippen molar-refractivity contribution in [3.8, 4) is 5.69 Å². The van der Waals surface area contributed by atoms with Crippen molar-refractivity contribution in [1.82, 2.24) is 30.5 Å². The maximum atomic E-state index is 12.9. The molecule has 4 aromatic rings. The van der Waals surface area contributed by atoms with Gasteiger partial charge >= 0.3 is 5.97 Å². The van der Waals surface area contributed by atoms with Crippen LogP contribution in [0.15, 0.2) is 55.0 Å². The molecule has 0 radical (unpaired) electrons. The molecule has 1 amide bonds. The first-order chi connectivity index (χ1) is 14.6. The highest BCUT2D eigenvalue weighted by Gasteiger charge is 2.25. The highest BCUT2D eigenvalue weighted by molar-refractivity contribution is 6.34. The van der Waals surface area contributed by atoms with Crippen molar-refractivity contribution < 1.29 is 14.3 Å². The first-order valence-corrected chi connectivity index (χ1v) is 9.41. The molecule has 0 spiro atoms. The van der Waals surface area contributed by atoms with Crippen molar-refractivity contribution in [1.29, 1.82) is 0 Å². The number of carbonyl (C=O) groups excluding carboxylic acids is 2. The maximum Gasteiger partial charge on any atom is 0.328 e. The lowest BCUT2D eigenvalue weighted by Crippen LogP contribution is -2.43. The number of amides is 1. The van der Waals surface area contributed by atoms with Gasteiger partial charge < -0.3 is 15.0 Å². The minimum absolute atomic E-state index is 0.192. The summed E-state index contributed by atoms with van der Waals surface area (Å²) >= 11 is 6.23. The number of nitrogens with zero attached hydrogens (tertiary/aromatic N) is 4. The molecule has 2 aromatic carbocycles. The van der Waals surface area contributed by atoms with E-state index in [9.17, 15) is 9.59 Å². The number of para-hydroxylation sites is 1. The Hall–Kier alpha value is -3.72. The van der Waals surface area contributed by atoms with Gasteiger partial charge in [0.05, 0.1) is 23.4 Å². The second-order valence-electron chi connectivity index (χ2n) is 6.53. The van der Waals surface area contributed by atoms with Gasteiger partial charge in [0.15, 0.2) is 0 Å². The zero-order valence-electron chi connectivity index (χ0n) is 15.9. The van der Waals surface area contributed by atoms with Gasteiger partial charge in [-0.2, -0.15) is 0 Å². The molecule has 1 unspecified atom stereocenters. The first kappa shape index (κ1) is 19.6. The Morgan fingerprint density at radius 1 is 1.27 bits per heavy atom. The molecule has 0 aliphatic carbocycles. The molecule has 30 heavy (non-hydrogen) atoms. The number of esters is 1. The average Bonchev–Trinajstić information content (AvgIpc) is 3.43. The van der Waals surface area contributed by atoms with E-state index in [2.05, 4.69) is 25.8 Å². The van der Waals surface area contributed by atoms with Gasteiger partial charge in [-0.25, -0.2) is 9.48 Å². The number of ether oxygens (including phenoxy) is 1. The van der Waals surface area contributed by atoms with Gasteiger partial charge in [-0.05, 0) is 40.3 Å². The summed E-state index contributed by atoms with van der Waals surface area (Å²) in [5.74, 6) is -1.06. The van der Waals surface area contributed by atoms with Gasteiger partial charge in [0.1, 0.15) is 12.4 Å². The Kier molecular flexibility index (Phi) is 5.44. The van der Waals surface area contributed by atoms with E-state index in [-0.39, 0.29) is 17.0 Å². The molecule has 0 saturated heterocycles. The molecule has 9 nitrogen and oxygen atoms in total. The lowest BCUT2D eigenvalue weighted by molar-refractivity contribution is -0.142. The molecular formula is C20H17ClN6O3. The summed E-state index contributed by atoms with van der Waals surface area (Å²) in [5, 5.41) is 14.9. The molecule has 4 rings (SSSR count). The number of rotatable bonds is 6. The number of carbonyl (C=O) groups is 2. The van der Waals surface area contributed by atoms with Gasteiger partial charge in [-0.1, -0.05) is 29.8 Å². The van der Waals surface area contributed by atoms with Crippen LogP contribution in [0.1, 0.15) is 15.9 Å². The van der Waals surface area contributed by atoms with E-state index < -0.39 is 17.9 Å². The van der Waals surface area contributed by atoms with Crippen LogP contribution in [0, 0.1) is 0 Å². The highest BCUT2D eigenvalue weighted by atomic mass is 35.5. The SMILES string of the molecule is COC(=O)C(Cc1c[nH]c2ccccc12)NC(=O)c1cc(-n2cnnn2)ccc1Cl. The Morgan fingerprint density at radius 3 is 2.87 bits per heavy atom. The number of nitrogens with one attached hydrogen (secondary N) is 2. The van der Waals surface area contributed by atoms with E-state index in [4.69, 9.17) is 16.3 Å². The third kappa shape index (κ3) is 3.87. The summed E-state index contributed by atoms with van der Waals surface area (Å²) in [7, 11) is 1.28. The largest absolute Gasteiger partial charge is 0.467 e. The fraction of sp³-hybridized carbons (Fsp3) is 0.150. The number of halogens is 1. The summed E-state index contributed by atoms with van der Waals surface area (Å²) in [4.78, 5) is 28.5. The van der Waals surface area contributed by atoms with E-state index in [0.29, 0.717) is 5.69 Å². The second-order valence-corrected chi connectivity index (χ2v) is 6.94. The Bertz CT molecular complexity index is 1200. The molecule has 0 bridgehead atoms. The van der Waals surface area contributed by atoms with Crippen molar-refractivity contribution in [3.63, 3.8) is 0 Å². The van der Waals surface area contributed by atoms with Crippen LogP contribution in [0.2, 0.25) is 5.02 Å². The van der Waals surface area contributed by atoms with Crippen molar-refractivity contribution in [2.75, 3.05) is 7.11 Å². The van der Waals surface area contributed by atoms with Crippen LogP contribution in [0.4, 0.5) is 0 Å². The summed E-state index contributed by atoms with van der Waals surface area (Å²) < 4.78 is 6.29. The predicted molar refractivity (Wildman–Crippen MR) is 109 cm³/mol. The van der Waals surface area contributed by atoms with Gasteiger partial charge in [-0.3, -0.25) is 4.79 Å².